The molecule has 2 aromatic carbocycles. The third kappa shape index (κ3) is 10.1. The van der Waals surface area contributed by atoms with Gasteiger partial charge in [0, 0.05) is 20.0 Å². The molecule has 2 unspecified atom stereocenters. The quantitative estimate of drug-likeness (QED) is 0.417. The minimum Gasteiger partial charge on any atom is -0.466 e. The minimum atomic E-state index is -1.00. The maximum absolute atomic E-state index is 13.9. The number of likely N-dealkylation sites (N-methyl/N-ethyl adjacent to an activating group) is 1. The molecule has 0 aromatic heterocycles. The molecule has 0 bridgehead atoms. The van der Waals surface area contributed by atoms with Crippen LogP contribution in [0.1, 0.15) is 62.4 Å². The molecule has 0 aliphatic heterocycles. The zero-order chi connectivity index (χ0) is 29.2. The number of amides is 3. The van der Waals surface area contributed by atoms with E-state index in [1.165, 1.54) is 11.9 Å². The summed E-state index contributed by atoms with van der Waals surface area (Å²) >= 11 is 0. The Balaban J connectivity index is 2.37. The SMILES string of the molecule is CCOC(=O)CCNC(=O)C(c1ccc(C)c(C)c1)N(C)C(=O)C(Cc1ccccc1)NC(=O)OC(C)(C)C. The van der Waals surface area contributed by atoms with Crippen molar-refractivity contribution in [3.05, 3.63) is 70.8 Å². The second-order valence-electron chi connectivity index (χ2n) is 10.4. The first-order chi connectivity index (χ1) is 18.3. The van der Waals surface area contributed by atoms with Gasteiger partial charge in [0.1, 0.15) is 17.7 Å². The number of rotatable bonds is 11. The van der Waals surface area contributed by atoms with Gasteiger partial charge < -0.3 is 25.0 Å². The zero-order valence-electron chi connectivity index (χ0n) is 24.0. The van der Waals surface area contributed by atoms with Crippen LogP contribution in [0.3, 0.4) is 0 Å². The van der Waals surface area contributed by atoms with Crippen LogP contribution in [0.5, 0.6) is 0 Å². The van der Waals surface area contributed by atoms with Crippen LogP contribution in [0, 0.1) is 13.8 Å². The molecule has 2 rings (SSSR count). The van der Waals surface area contributed by atoms with Crippen molar-refractivity contribution in [3.63, 3.8) is 0 Å². The fraction of sp³-hybridized carbons (Fsp3) is 0.467. The predicted molar refractivity (Wildman–Crippen MR) is 149 cm³/mol. The fourth-order valence-electron chi connectivity index (χ4n) is 3.98. The van der Waals surface area contributed by atoms with Crippen molar-refractivity contribution < 1.29 is 28.7 Å². The molecular weight excluding hydrogens is 498 g/mol. The number of hydrogen-bond donors (Lipinski definition) is 2. The molecule has 2 N–H and O–H groups in total. The zero-order valence-corrected chi connectivity index (χ0v) is 24.0. The molecule has 0 aliphatic carbocycles. The van der Waals surface area contributed by atoms with Crippen LogP contribution < -0.4 is 10.6 Å². The number of esters is 1. The summed E-state index contributed by atoms with van der Waals surface area (Å²) in [4.78, 5) is 53.1. The van der Waals surface area contributed by atoms with Crippen molar-refractivity contribution in [2.45, 2.75) is 72.1 Å². The van der Waals surface area contributed by atoms with Crippen LogP contribution in [0.4, 0.5) is 4.79 Å². The Morgan fingerprint density at radius 2 is 1.64 bits per heavy atom. The molecule has 39 heavy (non-hydrogen) atoms. The highest BCUT2D eigenvalue weighted by Crippen LogP contribution is 2.24. The van der Waals surface area contributed by atoms with Crippen LogP contribution in [-0.4, -0.2) is 60.6 Å². The summed E-state index contributed by atoms with van der Waals surface area (Å²) in [6.07, 6.45) is -0.520. The van der Waals surface area contributed by atoms with E-state index in [2.05, 4.69) is 10.6 Å². The third-order valence-corrected chi connectivity index (χ3v) is 6.04. The monoisotopic (exact) mass is 539 g/mol. The Labute approximate surface area is 231 Å². The van der Waals surface area contributed by atoms with E-state index in [1.54, 1.807) is 33.8 Å². The normalized spacial score (nSPS) is 12.6. The summed E-state index contributed by atoms with van der Waals surface area (Å²) in [7, 11) is 1.53. The highest BCUT2D eigenvalue weighted by molar-refractivity contribution is 5.92. The first-order valence-electron chi connectivity index (χ1n) is 13.1. The number of nitrogens with zero attached hydrogens (tertiary/aromatic N) is 1. The molecule has 0 heterocycles. The molecule has 0 aliphatic rings. The highest BCUT2D eigenvalue weighted by atomic mass is 16.6. The molecule has 0 fully saturated rings. The van der Waals surface area contributed by atoms with E-state index in [4.69, 9.17) is 9.47 Å². The fourth-order valence-corrected chi connectivity index (χ4v) is 3.98. The molecule has 9 heteroatoms. The third-order valence-electron chi connectivity index (χ3n) is 6.04. The second kappa shape index (κ2) is 14.3. The summed E-state index contributed by atoms with van der Waals surface area (Å²) in [5.41, 5.74) is 2.70. The van der Waals surface area contributed by atoms with Gasteiger partial charge in [0.05, 0.1) is 13.0 Å². The number of aryl methyl sites for hydroxylation is 2. The van der Waals surface area contributed by atoms with Crippen molar-refractivity contribution in [2.24, 2.45) is 0 Å². The van der Waals surface area contributed by atoms with Gasteiger partial charge in [0.15, 0.2) is 0 Å². The van der Waals surface area contributed by atoms with Crippen molar-refractivity contribution in [2.75, 3.05) is 20.2 Å². The standard InChI is InChI=1S/C30H41N3O6/c1-8-38-25(34)16-17-31-27(35)26(23-15-14-20(2)21(3)18-23)33(7)28(36)24(19-22-12-10-9-11-13-22)32-29(37)39-30(4,5)6/h9-15,18,24,26H,8,16-17,19H2,1-7H3,(H,31,35)(H,32,37). The molecule has 0 saturated heterocycles. The summed E-state index contributed by atoms with van der Waals surface area (Å²) in [5.74, 6) is -1.34. The molecule has 3 amide bonds. The van der Waals surface area contributed by atoms with Gasteiger partial charge in [-0.15, -0.1) is 0 Å². The lowest BCUT2D eigenvalue weighted by atomic mass is 9.98. The number of hydrogen-bond acceptors (Lipinski definition) is 6. The minimum absolute atomic E-state index is 0.00766. The predicted octanol–water partition coefficient (Wildman–Crippen LogP) is 4.01. The number of carbonyl (C=O) groups excluding carboxylic acids is 4. The van der Waals surface area contributed by atoms with Crippen LogP contribution in [0.2, 0.25) is 0 Å². The van der Waals surface area contributed by atoms with Gasteiger partial charge >= 0.3 is 12.1 Å². The van der Waals surface area contributed by atoms with Gasteiger partial charge in [-0.05, 0) is 63.8 Å². The lowest BCUT2D eigenvalue weighted by molar-refractivity contribution is -0.143. The van der Waals surface area contributed by atoms with Crippen LogP contribution in [0.25, 0.3) is 0 Å². The molecule has 2 atom stereocenters. The Kier molecular flexibility index (Phi) is 11.5. The van der Waals surface area contributed by atoms with E-state index >= 15 is 0 Å². The van der Waals surface area contributed by atoms with Crippen molar-refractivity contribution >= 4 is 23.9 Å². The second-order valence-corrected chi connectivity index (χ2v) is 10.4. The first kappa shape index (κ1) is 31.3. The van der Waals surface area contributed by atoms with Gasteiger partial charge in [0.25, 0.3) is 0 Å². The number of alkyl carbamates (subject to hydrolysis) is 1. The van der Waals surface area contributed by atoms with E-state index in [9.17, 15) is 19.2 Å². The average molecular weight is 540 g/mol. The molecule has 212 valence electrons. The summed E-state index contributed by atoms with van der Waals surface area (Å²) in [6.45, 7) is 11.1. The molecule has 0 radical (unpaired) electrons. The maximum atomic E-state index is 13.9. The molecule has 0 saturated carbocycles. The number of nitrogens with one attached hydrogen (secondary N) is 2. The van der Waals surface area contributed by atoms with E-state index in [0.29, 0.717) is 5.56 Å². The number of carbonyl (C=O) groups is 4. The van der Waals surface area contributed by atoms with Crippen LogP contribution >= 0.6 is 0 Å². The van der Waals surface area contributed by atoms with E-state index < -0.39 is 41.6 Å². The molecular formula is C30H41N3O6. The van der Waals surface area contributed by atoms with Gasteiger partial charge in [-0.3, -0.25) is 14.4 Å². The van der Waals surface area contributed by atoms with Crippen LogP contribution in [-0.2, 0) is 30.3 Å². The summed E-state index contributed by atoms with van der Waals surface area (Å²) in [5, 5.41) is 5.45. The Morgan fingerprint density at radius 3 is 2.23 bits per heavy atom. The van der Waals surface area contributed by atoms with E-state index in [0.717, 1.165) is 16.7 Å². The van der Waals surface area contributed by atoms with Gasteiger partial charge in [-0.2, -0.15) is 0 Å². The van der Waals surface area contributed by atoms with Gasteiger partial charge in [0.2, 0.25) is 11.8 Å². The first-order valence-corrected chi connectivity index (χ1v) is 13.1. The Hall–Kier alpha value is -3.88. The molecule has 9 nitrogen and oxygen atoms in total. The number of ether oxygens (including phenoxy) is 2. The average Bonchev–Trinajstić information content (AvgIpc) is 2.85. The Morgan fingerprint density at radius 1 is 0.974 bits per heavy atom. The maximum Gasteiger partial charge on any atom is 0.408 e. The van der Waals surface area contributed by atoms with Gasteiger partial charge in [-0.1, -0.05) is 48.5 Å². The summed E-state index contributed by atoms with van der Waals surface area (Å²) < 4.78 is 10.3. The Bertz CT molecular complexity index is 1140. The highest BCUT2D eigenvalue weighted by Gasteiger charge is 2.34. The van der Waals surface area contributed by atoms with Crippen LogP contribution in [0.15, 0.2) is 48.5 Å². The van der Waals surface area contributed by atoms with Crippen molar-refractivity contribution in [3.8, 4) is 0 Å². The van der Waals surface area contributed by atoms with E-state index in [-0.39, 0.29) is 26.0 Å². The number of benzene rings is 2. The van der Waals surface area contributed by atoms with Crippen molar-refractivity contribution in [1.29, 1.82) is 0 Å². The lowest BCUT2D eigenvalue weighted by Gasteiger charge is -2.32. The lowest BCUT2D eigenvalue weighted by Crippen LogP contribution is -2.52. The van der Waals surface area contributed by atoms with E-state index in [1.807, 2.05) is 56.3 Å². The van der Waals surface area contributed by atoms with Crippen molar-refractivity contribution in [1.82, 2.24) is 15.5 Å². The topological polar surface area (TPSA) is 114 Å². The summed E-state index contributed by atoms with van der Waals surface area (Å²) in [6, 6.07) is 12.8. The largest absolute Gasteiger partial charge is 0.466 e. The smallest absolute Gasteiger partial charge is 0.408 e. The van der Waals surface area contributed by atoms with Gasteiger partial charge in [-0.25, -0.2) is 4.79 Å². The molecule has 0 spiro atoms. The molecule has 2 aromatic rings.